The molecule has 0 saturated carbocycles. The van der Waals surface area contributed by atoms with Crippen LogP contribution in [0.3, 0.4) is 0 Å². The molecule has 2 aromatic rings. The quantitative estimate of drug-likeness (QED) is 0.867. The van der Waals surface area contributed by atoms with E-state index in [0.717, 1.165) is 23.2 Å². The molecule has 0 aromatic heterocycles. The zero-order valence-electron chi connectivity index (χ0n) is 16.0. The first-order chi connectivity index (χ1) is 13.6. The van der Waals surface area contributed by atoms with Gasteiger partial charge in [0.1, 0.15) is 5.82 Å². The molecule has 28 heavy (non-hydrogen) atoms. The number of fused-ring (bicyclic) bond motifs is 1. The number of carbonyl (C=O) groups is 1. The molecule has 1 N–H and O–H groups in total. The van der Waals surface area contributed by atoms with Gasteiger partial charge < -0.3 is 10.0 Å². The molecule has 2 aliphatic heterocycles. The third kappa shape index (κ3) is 3.48. The van der Waals surface area contributed by atoms with Crippen molar-refractivity contribution in [2.45, 2.75) is 31.5 Å². The average molecular weight is 380 g/mol. The third-order valence-corrected chi connectivity index (χ3v) is 5.82. The summed E-state index contributed by atoms with van der Waals surface area (Å²) < 4.78 is 13.1. The Bertz CT molecular complexity index is 863. The average Bonchev–Trinajstić information content (AvgIpc) is 2.67. The van der Waals surface area contributed by atoms with E-state index in [9.17, 15) is 14.3 Å². The summed E-state index contributed by atoms with van der Waals surface area (Å²) in [5.74, 6) is -0.0697. The summed E-state index contributed by atoms with van der Waals surface area (Å²) >= 11 is 0. The van der Waals surface area contributed by atoms with Crippen molar-refractivity contribution in [1.82, 2.24) is 9.80 Å². The van der Waals surface area contributed by atoms with Crippen LogP contribution in [0, 0.1) is 5.82 Å². The molecule has 1 amide bonds. The van der Waals surface area contributed by atoms with Crippen molar-refractivity contribution in [2.75, 3.05) is 19.7 Å². The van der Waals surface area contributed by atoms with E-state index in [1.165, 1.54) is 12.1 Å². The Hall–Kier alpha value is -2.50. The van der Waals surface area contributed by atoms with Crippen molar-refractivity contribution in [3.8, 4) is 0 Å². The van der Waals surface area contributed by atoms with Crippen LogP contribution >= 0.6 is 0 Å². The van der Waals surface area contributed by atoms with Gasteiger partial charge in [0.05, 0.1) is 25.2 Å². The van der Waals surface area contributed by atoms with E-state index >= 15 is 0 Å². The number of amides is 1. The Balaban J connectivity index is 1.52. The topological polar surface area (TPSA) is 43.8 Å². The summed E-state index contributed by atoms with van der Waals surface area (Å²) in [6.45, 7) is 3.66. The molecule has 0 bridgehead atoms. The van der Waals surface area contributed by atoms with E-state index in [2.05, 4.69) is 35.2 Å². The summed E-state index contributed by atoms with van der Waals surface area (Å²) in [5.41, 5.74) is 3.29. The van der Waals surface area contributed by atoms with Crippen molar-refractivity contribution in [1.29, 1.82) is 0 Å². The summed E-state index contributed by atoms with van der Waals surface area (Å²) in [6.07, 6.45) is 4.05. The predicted molar refractivity (Wildman–Crippen MR) is 107 cm³/mol. The maximum atomic E-state index is 13.1. The van der Waals surface area contributed by atoms with Crippen LogP contribution in [-0.2, 0) is 11.3 Å². The lowest BCUT2D eigenvalue weighted by Gasteiger charge is -2.59. The number of rotatable bonds is 5. The van der Waals surface area contributed by atoms with Crippen molar-refractivity contribution >= 4 is 12.0 Å². The molecule has 0 radical (unpaired) electrons. The molecular formula is C23H25FN2O2. The summed E-state index contributed by atoms with van der Waals surface area (Å²) in [5, 5.41) is 9.89. The highest BCUT2D eigenvalue weighted by Gasteiger charge is 2.53. The molecule has 4 nitrogen and oxygen atoms in total. The van der Waals surface area contributed by atoms with Gasteiger partial charge >= 0.3 is 0 Å². The molecule has 146 valence electrons. The van der Waals surface area contributed by atoms with Crippen molar-refractivity contribution in [2.24, 2.45) is 0 Å². The van der Waals surface area contributed by atoms with Crippen LogP contribution in [0.2, 0.25) is 0 Å². The van der Waals surface area contributed by atoms with Gasteiger partial charge in [-0.25, -0.2) is 4.39 Å². The third-order valence-electron chi connectivity index (χ3n) is 5.82. The van der Waals surface area contributed by atoms with E-state index < -0.39 is 0 Å². The molecule has 5 heteroatoms. The van der Waals surface area contributed by atoms with Gasteiger partial charge in [-0.15, -0.1) is 0 Å². The smallest absolute Gasteiger partial charge is 0.237 e. The fraction of sp³-hybridized carbons (Fsp3) is 0.348. The molecular weight excluding hydrogens is 355 g/mol. The van der Waals surface area contributed by atoms with Gasteiger partial charge in [-0.3, -0.25) is 9.69 Å². The number of carbonyl (C=O) groups excluding carboxylic acids is 1. The van der Waals surface area contributed by atoms with Gasteiger partial charge in [0.2, 0.25) is 5.91 Å². The zero-order chi connectivity index (χ0) is 19.7. The first-order valence-corrected chi connectivity index (χ1v) is 9.72. The highest BCUT2D eigenvalue weighted by molar-refractivity contribution is 5.81. The lowest BCUT2D eigenvalue weighted by atomic mass is 9.73. The van der Waals surface area contributed by atoms with Crippen LogP contribution in [-0.4, -0.2) is 52.6 Å². The van der Waals surface area contributed by atoms with Gasteiger partial charge in [0, 0.05) is 19.0 Å². The van der Waals surface area contributed by atoms with Crippen molar-refractivity contribution in [3.63, 3.8) is 0 Å². The Morgan fingerprint density at radius 1 is 1.14 bits per heavy atom. The predicted octanol–water partition coefficient (Wildman–Crippen LogP) is 3.03. The SMILES string of the molecule is CC=Cc1ccc([C@H]2[C@@H](CO)N3C(=O)CN(Cc4ccc(F)cc4)C[C@@H]23)cc1. The Kier molecular flexibility index (Phi) is 5.29. The number of halogens is 1. The second-order valence-electron chi connectivity index (χ2n) is 7.61. The first-order valence-electron chi connectivity index (χ1n) is 9.72. The molecule has 3 atom stereocenters. The van der Waals surface area contributed by atoms with Gasteiger partial charge in [0.15, 0.2) is 0 Å². The number of hydrogen-bond acceptors (Lipinski definition) is 3. The van der Waals surface area contributed by atoms with E-state index in [-0.39, 0.29) is 36.3 Å². The molecule has 2 aromatic carbocycles. The number of nitrogens with zero attached hydrogens (tertiary/aromatic N) is 2. The number of aliphatic hydroxyl groups excluding tert-OH is 1. The van der Waals surface area contributed by atoms with Crippen LogP contribution in [0.5, 0.6) is 0 Å². The molecule has 2 saturated heterocycles. The summed E-state index contributed by atoms with van der Waals surface area (Å²) in [4.78, 5) is 16.7. The summed E-state index contributed by atoms with van der Waals surface area (Å²) in [6, 6.07) is 14.7. The van der Waals surface area contributed by atoms with Gasteiger partial charge in [-0.2, -0.15) is 0 Å². The minimum Gasteiger partial charge on any atom is -0.394 e. The van der Waals surface area contributed by atoms with Crippen molar-refractivity contribution < 1.29 is 14.3 Å². The van der Waals surface area contributed by atoms with Gasteiger partial charge in [-0.1, -0.05) is 48.6 Å². The highest BCUT2D eigenvalue weighted by atomic mass is 19.1. The number of piperazine rings is 1. The first kappa shape index (κ1) is 18.8. The Labute approximate surface area is 164 Å². The van der Waals surface area contributed by atoms with Gasteiger partial charge in [-0.05, 0) is 35.7 Å². The Morgan fingerprint density at radius 3 is 2.50 bits per heavy atom. The van der Waals surface area contributed by atoms with Gasteiger partial charge in [0.25, 0.3) is 0 Å². The molecule has 2 heterocycles. The summed E-state index contributed by atoms with van der Waals surface area (Å²) in [7, 11) is 0. The highest BCUT2D eigenvalue weighted by Crippen LogP contribution is 2.43. The molecule has 4 rings (SSSR count). The normalized spacial score (nSPS) is 25.0. The van der Waals surface area contributed by atoms with Crippen LogP contribution < -0.4 is 0 Å². The van der Waals surface area contributed by atoms with Crippen LogP contribution in [0.4, 0.5) is 4.39 Å². The molecule has 0 unspecified atom stereocenters. The molecule has 0 aliphatic carbocycles. The number of hydrogen-bond donors (Lipinski definition) is 1. The number of benzene rings is 2. The van der Waals surface area contributed by atoms with Crippen molar-refractivity contribution in [3.05, 3.63) is 77.1 Å². The molecule has 2 fully saturated rings. The maximum absolute atomic E-state index is 13.1. The Morgan fingerprint density at radius 2 is 1.86 bits per heavy atom. The largest absolute Gasteiger partial charge is 0.394 e. The van der Waals surface area contributed by atoms with Crippen LogP contribution in [0.15, 0.2) is 54.6 Å². The minimum atomic E-state index is -0.254. The monoisotopic (exact) mass is 380 g/mol. The lowest BCUT2D eigenvalue weighted by Crippen LogP contribution is -2.72. The second-order valence-corrected chi connectivity index (χ2v) is 7.61. The van der Waals surface area contributed by atoms with E-state index in [1.807, 2.05) is 17.9 Å². The van der Waals surface area contributed by atoms with Crippen LogP contribution in [0.1, 0.15) is 29.5 Å². The fourth-order valence-electron chi connectivity index (χ4n) is 4.56. The lowest BCUT2D eigenvalue weighted by molar-refractivity contribution is -0.162. The standard InChI is InChI=1S/C23H25FN2O2/c1-2-3-16-4-8-18(9-5-16)23-20-13-25(12-17-6-10-19(24)11-7-17)14-22(28)26(20)21(23)15-27/h2-11,20-21,23,27H,12-15H2,1H3/t20-,21+,23+/m0/s1. The minimum absolute atomic E-state index is 0.0263. The zero-order valence-corrected chi connectivity index (χ0v) is 16.0. The fourth-order valence-corrected chi connectivity index (χ4v) is 4.56. The molecule has 0 spiro atoms. The number of allylic oxidation sites excluding steroid dienone is 1. The number of aliphatic hydroxyl groups is 1. The second kappa shape index (κ2) is 7.86. The van der Waals surface area contributed by atoms with E-state index in [1.54, 1.807) is 12.1 Å². The molecule has 2 aliphatic rings. The maximum Gasteiger partial charge on any atom is 0.237 e. The van der Waals surface area contributed by atoms with E-state index in [4.69, 9.17) is 0 Å². The van der Waals surface area contributed by atoms with Crippen LogP contribution in [0.25, 0.3) is 6.08 Å². The van der Waals surface area contributed by atoms with E-state index in [0.29, 0.717) is 13.1 Å².